The summed E-state index contributed by atoms with van der Waals surface area (Å²) in [5.74, 6) is -0.663. The van der Waals surface area contributed by atoms with Crippen molar-refractivity contribution in [2.24, 2.45) is 0 Å². The van der Waals surface area contributed by atoms with Crippen LogP contribution in [0.5, 0.6) is 0 Å². The van der Waals surface area contributed by atoms with E-state index in [0.717, 1.165) is 0 Å². The molecule has 0 N–H and O–H groups in total. The highest BCUT2D eigenvalue weighted by Gasteiger charge is 2.11. The van der Waals surface area contributed by atoms with Gasteiger partial charge in [-0.1, -0.05) is 11.6 Å². The molecule has 0 aliphatic rings. The smallest absolute Gasteiger partial charge is 0.215 e. The van der Waals surface area contributed by atoms with Crippen LogP contribution in [0.1, 0.15) is 1.37 Å². The van der Waals surface area contributed by atoms with Gasteiger partial charge in [0, 0.05) is 5.39 Å². The topological polar surface area (TPSA) is 25.8 Å². The molecule has 2 rings (SSSR count). The Balaban J connectivity index is 2.98. The van der Waals surface area contributed by atoms with Gasteiger partial charge in [0.15, 0.2) is 5.82 Å². The SMILES string of the molecule is [3H]c1cc2c(Cl)nc(Cl)nc2c(F)c1Br. The van der Waals surface area contributed by atoms with Crippen molar-refractivity contribution in [1.82, 2.24) is 9.97 Å². The molecule has 0 amide bonds. The molecule has 0 saturated carbocycles. The summed E-state index contributed by atoms with van der Waals surface area (Å²) in [5.41, 5.74) is 0.00266. The van der Waals surface area contributed by atoms with Crippen LogP contribution in [-0.2, 0) is 0 Å². The van der Waals surface area contributed by atoms with Crippen molar-refractivity contribution in [2.75, 3.05) is 0 Å². The Kier molecular flexibility index (Phi) is 2.27. The molecule has 0 bridgehead atoms. The molecule has 0 aliphatic heterocycles. The summed E-state index contributed by atoms with van der Waals surface area (Å²) in [6.07, 6.45) is 0. The van der Waals surface area contributed by atoms with Crippen molar-refractivity contribution in [2.45, 2.75) is 0 Å². The summed E-state index contributed by atoms with van der Waals surface area (Å²) >= 11 is 14.3. The van der Waals surface area contributed by atoms with Crippen LogP contribution in [0.4, 0.5) is 4.39 Å². The van der Waals surface area contributed by atoms with Gasteiger partial charge in [-0.15, -0.1) is 0 Å². The number of aromatic nitrogens is 2. The minimum atomic E-state index is -0.663. The highest BCUT2D eigenvalue weighted by molar-refractivity contribution is 9.10. The van der Waals surface area contributed by atoms with E-state index in [1.807, 2.05) is 0 Å². The summed E-state index contributed by atoms with van der Waals surface area (Å²) in [5, 5.41) is 0.174. The van der Waals surface area contributed by atoms with Crippen molar-refractivity contribution in [1.29, 1.82) is 0 Å². The molecule has 2 aromatic rings. The monoisotopic (exact) mass is 296 g/mol. The zero-order valence-electron chi connectivity index (χ0n) is 7.48. The molecule has 0 saturated heterocycles. The van der Waals surface area contributed by atoms with Gasteiger partial charge in [-0.25, -0.2) is 14.4 Å². The minimum Gasteiger partial charge on any atom is -0.215 e. The Morgan fingerprint density at radius 1 is 1.43 bits per heavy atom. The maximum atomic E-state index is 13.6. The average molecular weight is 298 g/mol. The predicted octanol–water partition coefficient (Wildman–Crippen LogP) is 3.84. The fraction of sp³-hybridized carbons (Fsp3) is 0. The third kappa shape index (κ3) is 1.58. The summed E-state index contributed by atoms with van der Waals surface area (Å²) in [6, 6.07) is 1.36. The first-order valence-corrected chi connectivity index (χ1v) is 5.03. The van der Waals surface area contributed by atoms with E-state index in [9.17, 15) is 4.39 Å². The second kappa shape index (κ2) is 3.61. The average Bonchev–Trinajstić information content (AvgIpc) is 2.17. The zero-order valence-corrected chi connectivity index (χ0v) is 9.58. The molecule has 2 nitrogen and oxygen atoms in total. The largest absolute Gasteiger partial charge is 0.224 e. The number of benzene rings is 1. The molecule has 0 aliphatic carbocycles. The van der Waals surface area contributed by atoms with Crippen LogP contribution in [-0.4, -0.2) is 9.97 Å². The highest BCUT2D eigenvalue weighted by atomic mass is 79.9. The second-order valence-corrected chi connectivity index (χ2v) is 3.95. The van der Waals surface area contributed by atoms with Crippen molar-refractivity contribution in [3.05, 3.63) is 32.8 Å². The summed E-state index contributed by atoms with van der Waals surface area (Å²) < 4.78 is 21.1. The Morgan fingerprint density at radius 2 is 2.14 bits per heavy atom. The molecule has 1 aromatic heterocycles. The maximum absolute atomic E-state index is 13.6. The van der Waals surface area contributed by atoms with E-state index in [2.05, 4.69) is 25.9 Å². The van der Waals surface area contributed by atoms with Crippen LogP contribution < -0.4 is 0 Å². The van der Waals surface area contributed by atoms with E-state index in [1.165, 1.54) is 6.07 Å². The number of hydrogen-bond donors (Lipinski definition) is 0. The first-order valence-electron chi connectivity index (χ1n) is 3.98. The molecule has 0 atom stereocenters. The Labute approximate surface area is 98.6 Å². The van der Waals surface area contributed by atoms with E-state index >= 15 is 0 Å². The summed E-state index contributed by atoms with van der Waals surface area (Å²) in [6.45, 7) is 0. The van der Waals surface area contributed by atoms with Crippen molar-refractivity contribution in [3.63, 3.8) is 0 Å². The summed E-state index contributed by atoms with van der Waals surface area (Å²) in [4.78, 5) is 7.39. The Hall–Kier alpha value is -0.450. The van der Waals surface area contributed by atoms with Gasteiger partial charge in [-0.3, -0.25) is 0 Å². The van der Waals surface area contributed by atoms with Crippen LogP contribution in [0.25, 0.3) is 10.9 Å². The molecule has 72 valence electrons. The lowest BCUT2D eigenvalue weighted by molar-refractivity contribution is 0.630. The van der Waals surface area contributed by atoms with E-state index in [0.29, 0.717) is 0 Å². The number of nitrogens with zero attached hydrogens (tertiary/aromatic N) is 2. The van der Waals surface area contributed by atoms with Gasteiger partial charge in [-0.2, -0.15) is 0 Å². The van der Waals surface area contributed by atoms with E-state index in [4.69, 9.17) is 24.6 Å². The van der Waals surface area contributed by atoms with Gasteiger partial charge >= 0.3 is 0 Å². The van der Waals surface area contributed by atoms with Gasteiger partial charge in [0.25, 0.3) is 0 Å². The van der Waals surface area contributed by atoms with Gasteiger partial charge < -0.3 is 0 Å². The fourth-order valence-electron chi connectivity index (χ4n) is 1.01. The number of halogens is 4. The predicted molar refractivity (Wildman–Crippen MR) is 57.2 cm³/mol. The van der Waals surface area contributed by atoms with Crippen LogP contribution in [0.3, 0.4) is 0 Å². The van der Waals surface area contributed by atoms with Gasteiger partial charge in [-0.05, 0) is 39.6 Å². The third-order valence-corrected chi connectivity index (χ3v) is 2.65. The minimum absolute atomic E-state index is 0.00266. The molecule has 14 heavy (non-hydrogen) atoms. The molecule has 0 unspecified atom stereocenters. The Bertz CT molecular complexity index is 564. The van der Waals surface area contributed by atoms with Gasteiger partial charge in [0.05, 0.1) is 5.84 Å². The zero-order chi connectivity index (χ0) is 11.2. The molecule has 1 aromatic carbocycles. The standard InChI is InChI=1S/C8H2BrCl2FN2/c9-4-2-1-3-6(5(4)12)13-8(11)14-7(3)10/h1-2H/i2T. The van der Waals surface area contributed by atoms with E-state index < -0.39 is 5.82 Å². The Morgan fingerprint density at radius 3 is 2.86 bits per heavy atom. The first-order chi connectivity index (χ1) is 7.00. The van der Waals surface area contributed by atoms with Gasteiger partial charge in [0.1, 0.15) is 10.7 Å². The highest BCUT2D eigenvalue weighted by Crippen LogP contribution is 2.28. The van der Waals surface area contributed by atoms with Crippen molar-refractivity contribution >= 4 is 50.0 Å². The van der Waals surface area contributed by atoms with Crippen LogP contribution >= 0.6 is 39.1 Å². The molecule has 6 heteroatoms. The molecular formula is C8H2BrCl2FN2. The lowest BCUT2D eigenvalue weighted by atomic mass is 10.2. The lowest BCUT2D eigenvalue weighted by Gasteiger charge is -2.02. The molecule has 0 fully saturated rings. The maximum Gasteiger partial charge on any atom is 0.224 e. The van der Waals surface area contributed by atoms with E-state index in [-0.39, 0.29) is 31.9 Å². The molecule has 0 radical (unpaired) electrons. The third-order valence-electron chi connectivity index (χ3n) is 1.62. The number of fused-ring (bicyclic) bond motifs is 1. The quantitative estimate of drug-likeness (QED) is 0.545. The molecule has 0 spiro atoms. The lowest BCUT2D eigenvalue weighted by Crippen LogP contribution is -1.90. The molecule has 1 heterocycles. The second-order valence-electron chi connectivity index (χ2n) is 2.46. The van der Waals surface area contributed by atoms with Crippen molar-refractivity contribution in [3.8, 4) is 0 Å². The number of rotatable bonds is 0. The normalized spacial score (nSPS) is 11.9. The van der Waals surface area contributed by atoms with E-state index in [1.54, 1.807) is 0 Å². The fourth-order valence-corrected chi connectivity index (χ4v) is 1.75. The van der Waals surface area contributed by atoms with Gasteiger partial charge in [0.2, 0.25) is 5.28 Å². The molecular weight excluding hydrogens is 294 g/mol. The van der Waals surface area contributed by atoms with Crippen molar-refractivity contribution < 1.29 is 5.76 Å². The summed E-state index contributed by atoms with van der Waals surface area (Å²) in [7, 11) is 0. The number of hydrogen-bond acceptors (Lipinski definition) is 2. The van der Waals surface area contributed by atoms with Crippen LogP contribution in [0.15, 0.2) is 16.6 Å². The first kappa shape index (κ1) is 8.83. The van der Waals surface area contributed by atoms with Crippen LogP contribution in [0.2, 0.25) is 10.4 Å². The van der Waals surface area contributed by atoms with Crippen LogP contribution in [0, 0.1) is 5.82 Å².